The van der Waals surface area contributed by atoms with E-state index >= 15 is 0 Å². The molecule has 0 aliphatic carbocycles. The third-order valence-corrected chi connectivity index (χ3v) is 3.93. The van der Waals surface area contributed by atoms with Gasteiger partial charge in [-0.15, -0.1) is 10.2 Å². The molecule has 0 bridgehead atoms. The third kappa shape index (κ3) is 4.55. The molecule has 2 aromatic carbocycles. The van der Waals surface area contributed by atoms with Gasteiger partial charge in [0.1, 0.15) is 0 Å². The number of carbonyl (C=O) groups is 2. The van der Waals surface area contributed by atoms with E-state index in [1.54, 1.807) is 48.5 Å². The number of rotatable bonds is 6. The number of halogens is 1. The van der Waals surface area contributed by atoms with Crippen LogP contribution in [0.15, 0.2) is 52.9 Å². The zero-order valence-corrected chi connectivity index (χ0v) is 14.8. The first kappa shape index (κ1) is 17.8. The fourth-order valence-electron chi connectivity index (χ4n) is 2.32. The van der Waals surface area contributed by atoms with Gasteiger partial charge in [0.15, 0.2) is 5.78 Å². The number of nitrogens with zero attached hydrogens (tertiary/aromatic N) is 2. The monoisotopic (exact) mass is 369 g/mol. The van der Waals surface area contributed by atoms with Crippen LogP contribution in [0.2, 0.25) is 5.02 Å². The lowest BCUT2D eigenvalue weighted by molar-refractivity contribution is -0.116. The molecular weight excluding hydrogens is 354 g/mol. The molecule has 0 spiro atoms. The summed E-state index contributed by atoms with van der Waals surface area (Å²) in [5.74, 6) is 0.507. The van der Waals surface area contributed by atoms with Crippen LogP contribution in [0.3, 0.4) is 0 Å². The van der Waals surface area contributed by atoms with Gasteiger partial charge in [-0.2, -0.15) is 0 Å². The van der Waals surface area contributed by atoms with Crippen molar-refractivity contribution >= 4 is 29.0 Å². The van der Waals surface area contributed by atoms with Gasteiger partial charge in [0.05, 0.1) is 0 Å². The van der Waals surface area contributed by atoms with Crippen LogP contribution in [-0.2, 0) is 11.2 Å². The number of carbonyl (C=O) groups excluding carboxylic acids is 2. The summed E-state index contributed by atoms with van der Waals surface area (Å²) < 4.78 is 5.57. The molecule has 0 aliphatic heterocycles. The second kappa shape index (κ2) is 7.93. The second-order valence-electron chi connectivity index (χ2n) is 5.69. The number of nitrogens with one attached hydrogen (secondary N) is 1. The molecule has 0 saturated heterocycles. The molecule has 0 radical (unpaired) electrons. The molecule has 3 rings (SSSR count). The number of hydrogen-bond acceptors (Lipinski definition) is 5. The van der Waals surface area contributed by atoms with Crippen LogP contribution in [0.5, 0.6) is 0 Å². The van der Waals surface area contributed by atoms with E-state index in [0.717, 1.165) is 5.56 Å². The Labute approximate surface area is 155 Å². The number of aryl methyl sites for hydroxylation is 1. The second-order valence-corrected chi connectivity index (χ2v) is 6.13. The van der Waals surface area contributed by atoms with Gasteiger partial charge in [-0.05, 0) is 43.3 Å². The summed E-state index contributed by atoms with van der Waals surface area (Å²) in [5.41, 5.74) is 1.89. The maximum Gasteiger partial charge on any atom is 0.247 e. The summed E-state index contributed by atoms with van der Waals surface area (Å²) in [6, 6.07) is 13.9. The lowest BCUT2D eigenvalue weighted by Crippen LogP contribution is -2.12. The van der Waals surface area contributed by atoms with E-state index in [4.69, 9.17) is 16.0 Å². The van der Waals surface area contributed by atoms with E-state index in [0.29, 0.717) is 34.5 Å². The molecular formula is C19H16ClN3O3. The van der Waals surface area contributed by atoms with E-state index in [1.165, 1.54) is 6.92 Å². The Balaban J connectivity index is 1.57. The molecule has 7 heteroatoms. The van der Waals surface area contributed by atoms with Crippen molar-refractivity contribution in [2.75, 3.05) is 5.32 Å². The predicted molar refractivity (Wildman–Crippen MR) is 98.1 cm³/mol. The van der Waals surface area contributed by atoms with Crippen molar-refractivity contribution in [2.45, 2.75) is 19.8 Å². The highest BCUT2D eigenvalue weighted by atomic mass is 35.5. The molecule has 1 N–H and O–H groups in total. The van der Waals surface area contributed by atoms with Crippen molar-refractivity contribution in [3.63, 3.8) is 0 Å². The number of Topliss-reactive ketones (excluding diaryl/α,β-unsaturated/α-hetero) is 1. The van der Waals surface area contributed by atoms with Crippen molar-refractivity contribution in [3.8, 4) is 11.5 Å². The molecule has 1 amide bonds. The van der Waals surface area contributed by atoms with Gasteiger partial charge in [-0.3, -0.25) is 9.59 Å². The Morgan fingerprint density at radius 3 is 2.62 bits per heavy atom. The first-order valence-corrected chi connectivity index (χ1v) is 8.38. The fourth-order valence-corrected chi connectivity index (χ4v) is 2.45. The first-order chi connectivity index (χ1) is 12.5. The highest BCUT2D eigenvalue weighted by molar-refractivity contribution is 6.30. The molecule has 6 nitrogen and oxygen atoms in total. The Hall–Kier alpha value is -2.99. The number of amides is 1. The lowest BCUT2D eigenvalue weighted by atomic mass is 10.1. The van der Waals surface area contributed by atoms with Crippen molar-refractivity contribution in [1.29, 1.82) is 0 Å². The van der Waals surface area contributed by atoms with Crippen LogP contribution in [0.25, 0.3) is 11.5 Å². The molecule has 0 saturated carbocycles. The van der Waals surface area contributed by atoms with Crippen molar-refractivity contribution < 1.29 is 14.0 Å². The van der Waals surface area contributed by atoms with Crippen LogP contribution in [0, 0.1) is 0 Å². The minimum Gasteiger partial charge on any atom is -0.421 e. The lowest BCUT2D eigenvalue weighted by Gasteiger charge is -2.05. The minimum atomic E-state index is -0.197. The summed E-state index contributed by atoms with van der Waals surface area (Å²) in [7, 11) is 0. The van der Waals surface area contributed by atoms with Crippen molar-refractivity contribution in [2.24, 2.45) is 0 Å². The van der Waals surface area contributed by atoms with Crippen LogP contribution >= 0.6 is 11.6 Å². The van der Waals surface area contributed by atoms with Gasteiger partial charge in [0.25, 0.3) is 0 Å². The average Bonchev–Trinajstić information content (AvgIpc) is 3.10. The Kier molecular flexibility index (Phi) is 5.43. The van der Waals surface area contributed by atoms with Crippen molar-refractivity contribution in [1.82, 2.24) is 10.2 Å². The summed E-state index contributed by atoms with van der Waals surface area (Å²) in [4.78, 5) is 23.5. The Morgan fingerprint density at radius 2 is 1.88 bits per heavy atom. The van der Waals surface area contributed by atoms with Crippen molar-refractivity contribution in [3.05, 3.63) is 65.0 Å². The highest BCUT2D eigenvalue weighted by Crippen LogP contribution is 2.20. The molecule has 0 unspecified atom stereocenters. The smallest absolute Gasteiger partial charge is 0.247 e. The Morgan fingerprint density at radius 1 is 1.12 bits per heavy atom. The fraction of sp³-hybridized carbons (Fsp3) is 0.158. The zero-order valence-electron chi connectivity index (χ0n) is 14.0. The standard InChI is InChI=1S/C19H16ClN3O3/c1-12(24)14-3-2-4-16(11-14)21-17(25)9-10-18-22-23-19(26-18)13-5-7-15(20)8-6-13/h2-8,11H,9-10H2,1H3,(H,21,25). The number of anilines is 1. The largest absolute Gasteiger partial charge is 0.421 e. The van der Waals surface area contributed by atoms with Crippen LogP contribution in [0.4, 0.5) is 5.69 Å². The maximum atomic E-state index is 12.1. The van der Waals surface area contributed by atoms with Crippen LogP contribution in [0.1, 0.15) is 29.6 Å². The Bertz CT molecular complexity index is 935. The normalized spacial score (nSPS) is 10.5. The molecule has 0 atom stereocenters. The average molecular weight is 370 g/mol. The maximum absolute atomic E-state index is 12.1. The summed E-state index contributed by atoms with van der Waals surface area (Å²) in [6.07, 6.45) is 0.505. The molecule has 0 aliphatic rings. The number of hydrogen-bond donors (Lipinski definition) is 1. The van der Waals surface area contributed by atoms with E-state index in [9.17, 15) is 9.59 Å². The zero-order chi connectivity index (χ0) is 18.5. The van der Waals surface area contributed by atoms with Gasteiger partial charge in [0.2, 0.25) is 17.7 Å². The molecule has 3 aromatic rings. The summed E-state index contributed by atoms with van der Waals surface area (Å²) in [5, 5.41) is 11.3. The third-order valence-electron chi connectivity index (χ3n) is 3.68. The molecule has 1 heterocycles. The first-order valence-electron chi connectivity index (χ1n) is 8.00. The highest BCUT2D eigenvalue weighted by Gasteiger charge is 2.11. The summed E-state index contributed by atoms with van der Waals surface area (Å²) >= 11 is 5.85. The van der Waals surface area contributed by atoms with Gasteiger partial charge in [0, 0.05) is 34.7 Å². The molecule has 1 aromatic heterocycles. The van der Waals surface area contributed by atoms with Gasteiger partial charge < -0.3 is 9.73 Å². The SMILES string of the molecule is CC(=O)c1cccc(NC(=O)CCc2nnc(-c3ccc(Cl)cc3)o2)c1. The van der Waals surface area contributed by atoms with Gasteiger partial charge in [-0.1, -0.05) is 23.7 Å². The predicted octanol–water partition coefficient (Wildman–Crippen LogP) is 4.16. The molecule has 26 heavy (non-hydrogen) atoms. The summed E-state index contributed by atoms with van der Waals surface area (Å²) in [6.45, 7) is 1.48. The van der Waals surface area contributed by atoms with Gasteiger partial charge >= 0.3 is 0 Å². The molecule has 0 fully saturated rings. The topological polar surface area (TPSA) is 85.1 Å². The van der Waals surface area contributed by atoms with Crippen LogP contribution in [-0.4, -0.2) is 21.9 Å². The number of benzene rings is 2. The van der Waals surface area contributed by atoms with Crippen LogP contribution < -0.4 is 5.32 Å². The van der Waals surface area contributed by atoms with E-state index < -0.39 is 0 Å². The molecule has 132 valence electrons. The number of ketones is 1. The van der Waals surface area contributed by atoms with E-state index in [2.05, 4.69) is 15.5 Å². The van der Waals surface area contributed by atoms with Gasteiger partial charge in [-0.25, -0.2) is 0 Å². The minimum absolute atomic E-state index is 0.0540. The van der Waals surface area contributed by atoms with E-state index in [1.807, 2.05) is 0 Å². The quantitative estimate of drug-likeness (QED) is 0.659. The number of aromatic nitrogens is 2. The van der Waals surface area contributed by atoms with E-state index in [-0.39, 0.29) is 18.1 Å².